The molecule has 10 nitrogen and oxygen atoms in total. The van der Waals surface area contributed by atoms with E-state index in [4.69, 9.17) is 0 Å². The second-order valence-corrected chi connectivity index (χ2v) is 6.79. The van der Waals surface area contributed by atoms with Gasteiger partial charge in [-0.25, -0.2) is 9.18 Å². The number of ether oxygens (including phenoxy) is 2. The number of nitrogens with one attached hydrogen (secondary N) is 2. The Hall–Kier alpha value is -3.50. The van der Waals surface area contributed by atoms with Gasteiger partial charge < -0.3 is 25.2 Å². The number of benzene rings is 1. The third kappa shape index (κ3) is 7.36. The predicted octanol–water partition coefficient (Wildman–Crippen LogP) is 0.0406. The van der Waals surface area contributed by atoms with Crippen molar-refractivity contribution in [2.45, 2.75) is 32.4 Å². The second-order valence-electron chi connectivity index (χ2n) is 6.79. The van der Waals surface area contributed by atoms with Crippen LogP contribution < -0.4 is 10.6 Å². The Morgan fingerprint density at radius 1 is 1.06 bits per heavy atom. The smallest absolute Gasteiger partial charge is 0.326 e. The van der Waals surface area contributed by atoms with Gasteiger partial charge in [-0.1, -0.05) is 19.1 Å². The lowest BCUT2D eigenvalue weighted by Crippen LogP contribution is -2.56. The fraction of sp³-hybridized carbons (Fsp3) is 0.450. The van der Waals surface area contributed by atoms with Crippen LogP contribution in [-0.4, -0.2) is 61.1 Å². The highest BCUT2D eigenvalue weighted by molar-refractivity contribution is 5.97. The molecule has 0 aliphatic rings. The maximum absolute atomic E-state index is 13.5. The number of methoxy groups -OCH3 is 2. The lowest BCUT2D eigenvalue weighted by atomic mass is 9.87. The quantitative estimate of drug-likeness (QED) is 0.341. The number of amides is 2. The van der Waals surface area contributed by atoms with Gasteiger partial charge in [-0.3, -0.25) is 19.2 Å². The summed E-state index contributed by atoms with van der Waals surface area (Å²) in [5, 5.41) is 14.2. The largest absolute Gasteiger partial charge is 0.480 e. The number of carbonyl (C=O) groups is 5. The van der Waals surface area contributed by atoms with Crippen LogP contribution in [0, 0.1) is 17.7 Å². The number of rotatable bonds is 10. The molecule has 1 aromatic carbocycles. The Morgan fingerprint density at radius 3 is 2.10 bits per heavy atom. The Labute approximate surface area is 178 Å². The van der Waals surface area contributed by atoms with Crippen LogP contribution in [-0.2, 0) is 39.9 Å². The minimum Gasteiger partial charge on any atom is -0.480 e. The number of aliphatic carboxylic acids is 1. The number of carboxylic acid groups (broad SMARTS) is 1. The van der Waals surface area contributed by atoms with Crippen LogP contribution in [0.15, 0.2) is 24.3 Å². The summed E-state index contributed by atoms with van der Waals surface area (Å²) in [6.45, 7) is 2.42. The number of hydrogen-bond donors (Lipinski definition) is 3. The number of halogens is 1. The first-order valence-electron chi connectivity index (χ1n) is 9.22. The first-order valence-corrected chi connectivity index (χ1v) is 9.22. The minimum atomic E-state index is -1.69. The van der Waals surface area contributed by atoms with Gasteiger partial charge in [0.05, 0.1) is 14.2 Å². The standard InChI is InChI=1S/C20H25FN2O8/c1-10(15(19(28)30-3)20(29)31-4)16(18(26)27)23-17(25)14(22-11(2)24)9-12-6-5-7-13(21)8-12/h5-8,10,14-16H,9H2,1-4H3,(H,22,24)(H,23,25)(H,26,27)/t10-,14+,16-/m1/s1. The van der Waals surface area contributed by atoms with E-state index in [2.05, 4.69) is 20.1 Å². The predicted molar refractivity (Wildman–Crippen MR) is 104 cm³/mol. The molecule has 0 saturated carbocycles. The van der Waals surface area contributed by atoms with E-state index in [1.54, 1.807) is 0 Å². The molecule has 1 aromatic rings. The van der Waals surface area contributed by atoms with Crippen molar-refractivity contribution in [3.63, 3.8) is 0 Å². The Morgan fingerprint density at radius 2 is 1.65 bits per heavy atom. The lowest BCUT2D eigenvalue weighted by Gasteiger charge is -2.27. The third-order valence-electron chi connectivity index (χ3n) is 4.55. The Kier molecular flexibility index (Phi) is 9.58. The first kappa shape index (κ1) is 25.5. The highest BCUT2D eigenvalue weighted by atomic mass is 19.1. The van der Waals surface area contributed by atoms with Gasteiger partial charge in [-0.2, -0.15) is 0 Å². The third-order valence-corrected chi connectivity index (χ3v) is 4.55. The van der Waals surface area contributed by atoms with Crippen molar-refractivity contribution in [3.05, 3.63) is 35.6 Å². The zero-order valence-corrected chi connectivity index (χ0v) is 17.5. The Balaban J connectivity index is 3.14. The highest BCUT2D eigenvalue weighted by Gasteiger charge is 2.42. The summed E-state index contributed by atoms with van der Waals surface area (Å²) in [5.74, 6) is -8.46. The Bertz CT molecular complexity index is 828. The molecule has 3 N–H and O–H groups in total. The van der Waals surface area contributed by atoms with E-state index in [1.807, 2.05) is 0 Å². The molecule has 0 fully saturated rings. The highest BCUT2D eigenvalue weighted by Crippen LogP contribution is 2.20. The van der Waals surface area contributed by atoms with E-state index in [0.717, 1.165) is 21.1 Å². The van der Waals surface area contributed by atoms with E-state index < -0.39 is 59.5 Å². The van der Waals surface area contributed by atoms with Crippen molar-refractivity contribution in [1.29, 1.82) is 0 Å². The molecular formula is C20H25FN2O8. The van der Waals surface area contributed by atoms with E-state index in [-0.39, 0.29) is 6.42 Å². The van der Waals surface area contributed by atoms with E-state index in [1.165, 1.54) is 31.2 Å². The van der Waals surface area contributed by atoms with Crippen molar-refractivity contribution in [2.75, 3.05) is 14.2 Å². The van der Waals surface area contributed by atoms with Crippen LogP contribution in [0.4, 0.5) is 4.39 Å². The molecule has 0 aliphatic carbocycles. The van der Waals surface area contributed by atoms with Crippen molar-refractivity contribution in [2.24, 2.45) is 11.8 Å². The summed E-state index contributed by atoms with van der Waals surface area (Å²) >= 11 is 0. The van der Waals surface area contributed by atoms with Crippen molar-refractivity contribution >= 4 is 29.7 Å². The molecule has 1 rings (SSSR count). The maximum Gasteiger partial charge on any atom is 0.326 e. The van der Waals surface area contributed by atoms with Crippen molar-refractivity contribution in [1.82, 2.24) is 10.6 Å². The summed E-state index contributed by atoms with van der Waals surface area (Å²) in [6.07, 6.45) is -0.124. The summed E-state index contributed by atoms with van der Waals surface area (Å²) in [4.78, 5) is 60.1. The van der Waals surface area contributed by atoms with Gasteiger partial charge in [0.15, 0.2) is 5.92 Å². The van der Waals surface area contributed by atoms with Crippen LogP contribution >= 0.6 is 0 Å². The average Bonchev–Trinajstić information content (AvgIpc) is 2.70. The molecule has 0 bridgehead atoms. The molecule has 31 heavy (non-hydrogen) atoms. The number of esters is 2. The van der Waals surface area contributed by atoms with Crippen LogP contribution in [0.3, 0.4) is 0 Å². The molecule has 0 unspecified atom stereocenters. The van der Waals surface area contributed by atoms with Crippen LogP contribution in [0.5, 0.6) is 0 Å². The average molecular weight is 440 g/mol. The van der Waals surface area contributed by atoms with E-state index >= 15 is 0 Å². The van der Waals surface area contributed by atoms with Gasteiger partial charge in [0.1, 0.15) is 17.9 Å². The van der Waals surface area contributed by atoms with Crippen LogP contribution in [0.1, 0.15) is 19.4 Å². The normalized spacial score (nSPS) is 13.5. The maximum atomic E-state index is 13.5. The van der Waals surface area contributed by atoms with Crippen molar-refractivity contribution < 1.29 is 42.9 Å². The molecule has 0 aromatic heterocycles. The molecule has 0 radical (unpaired) electrons. The second kappa shape index (κ2) is 11.6. The molecule has 0 heterocycles. The van der Waals surface area contributed by atoms with Gasteiger partial charge in [0, 0.05) is 19.3 Å². The van der Waals surface area contributed by atoms with Gasteiger partial charge in [-0.05, 0) is 17.7 Å². The van der Waals surface area contributed by atoms with E-state index in [9.17, 15) is 33.5 Å². The minimum absolute atomic E-state index is 0.124. The number of hydrogen-bond acceptors (Lipinski definition) is 7. The van der Waals surface area contributed by atoms with E-state index in [0.29, 0.717) is 5.56 Å². The lowest BCUT2D eigenvalue weighted by molar-refractivity contribution is -0.163. The summed E-state index contributed by atoms with van der Waals surface area (Å²) in [5.41, 5.74) is 0.385. The number of carboxylic acids is 1. The SMILES string of the molecule is COC(=O)C(C(=O)OC)[C@@H](C)[C@@H](NC(=O)[C@H](Cc1cccc(F)c1)NC(C)=O)C(=O)O. The molecule has 170 valence electrons. The monoisotopic (exact) mass is 440 g/mol. The molecule has 2 amide bonds. The first-order chi connectivity index (χ1) is 14.5. The fourth-order valence-corrected chi connectivity index (χ4v) is 3.00. The zero-order valence-electron chi connectivity index (χ0n) is 17.5. The van der Waals surface area contributed by atoms with Crippen LogP contribution in [0.2, 0.25) is 0 Å². The molecule has 11 heteroatoms. The van der Waals surface area contributed by atoms with Gasteiger partial charge >= 0.3 is 17.9 Å². The molecule has 0 spiro atoms. The molecule has 3 atom stereocenters. The number of carbonyl (C=O) groups excluding carboxylic acids is 4. The molecule has 0 saturated heterocycles. The van der Waals surface area contributed by atoms with Gasteiger partial charge in [0.25, 0.3) is 0 Å². The summed E-state index contributed by atoms with van der Waals surface area (Å²) in [7, 11) is 2.04. The molecule has 0 aliphatic heterocycles. The fourth-order valence-electron chi connectivity index (χ4n) is 3.00. The van der Waals surface area contributed by atoms with Gasteiger partial charge in [-0.15, -0.1) is 0 Å². The summed E-state index contributed by atoms with van der Waals surface area (Å²) in [6, 6.07) is 2.41. The van der Waals surface area contributed by atoms with Gasteiger partial charge in [0.2, 0.25) is 11.8 Å². The van der Waals surface area contributed by atoms with Crippen molar-refractivity contribution in [3.8, 4) is 0 Å². The molecular weight excluding hydrogens is 415 g/mol. The van der Waals surface area contributed by atoms with Crippen LogP contribution in [0.25, 0.3) is 0 Å². The zero-order chi connectivity index (χ0) is 23.7. The summed E-state index contributed by atoms with van der Waals surface area (Å²) < 4.78 is 22.5. The topological polar surface area (TPSA) is 148 Å².